The fourth-order valence-electron chi connectivity index (χ4n) is 2.98. The average Bonchev–Trinajstić information content (AvgIpc) is 2.63. The van der Waals surface area contributed by atoms with Gasteiger partial charge in [0.15, 0.2) is 5.82 Å². The average molecular weight is 377 g/mol. The molecule has 1 aliphatic rings. The third-order valence-electron chi connectivity index (χ3n) is 4.19. The lowest BCUT2D eigenvalue weighted by molar-refractivity contribution is 0.275. The van der Waals surface area contributed by atoms with E-state index >= 15 is 0 Å². The summed E-state index contributed by atoms with van der Waals surface area (Å²) in [5.41, 5.74) is 6.24. The number of halogens is 2. The Hall–Kier alpha value is -2.31. The molecule has 1 heterocycles. The highest BCUT2D eigenvalue weighted by molar-refractivity contribution is 6.31. The summed E-state index contributed by atoms with van der Waals surface area (Å²) in [6.45, 7) is 3.61. The summed E-state index contributed by atoms with van der Waals surface area (Å²) in [5, 5.41) is 5.20. The molecule has 2 aromatic rings. The Morgan fingerprint density at radius 3 is 2.73 bits per heavy atom. The first-order valence-electron chi connectivity index (χ1n) is 8.43. The molecule has 0 aromatic heterocycles. The summed E-state index contributed by atoms with van der Waals surface area (Å²) in [6.07, 6.45) is 0. The van der Waals surface area contributed by atoms with Crippen molar-refractivity contribution < 1.29 is 9.13 Å². The summed E-state index contributed by atoms with van der Waals surface area (Å²) in [6, 6.07) is 9.30. The number of benzene rings is 2. The summed E-state index contributed by atoms with van der Waals surface area (Å²) in [5.74, 6) is 0.961. The zero-order valence-corrected chi connectivity index (χ0v) is 15.8. The Morgan fingerprint density at radius 1 is 1.35 bits per heavy atom. The lowest BCUT2D eigenvalue weighted by Crippen LogP contribution is -2.44. The SMILES string of the molecule is CCN=C1NN(C)Cc2cc(Cl)c(F)c(NCc3ccc(OC)cc3)c21. The fourth-order valence-corrected chi connectivity index (χ4v) is 3.20. The third kappa shape index (κ3) is 3.76. The van der Waals surface area contributed by atoms with Crippen LogP contribution < -0.4 is 15.5 Å². The Kier molecular flexibility index (Phi) is 5.64. The van der Waals surface area contributed by atoms with Gasteiger partial charge in [0.1, 0.15) is 11.6 Å². The highest BCUT2D eigenvalue weighted by atomic mass is 35.5. The summed E-state index contributed by atoms with van der Waals surface area (Å²) in [4.78, 5) is 4.48. The fraction of sp³-hybridized carbons (Fsp3) is 0.316. The van der Waals surface area contributed by atoms with E-state index in [-0.39, 0.29) is 5.02 Å². The monoisotopic (exact) mass is 376 g/mol. The van der Waals surface area contributed by atoms with Crippen LogP contribution in [-0.4, -0.2) is 31.5 Å². The van der Waals surface area contributed by atoms with Crippen LogP contribution in [-0.2, 0) is 13.1 Å². The minimum atomic E-state index is -0.464. The first-order chi connectivity index (χ1) is 12.5. The second kappa shape index (κ2) is 7.93. The van der Waals surface area contributed by atoms with Crippen LogP contribution in [0.1, 0.15) is 23.6 Å². The van der Waals surface area contributed by atoms with Crippen LogP contribution in [0, 0.1) is 5.82 Å². The zero-order chi connectivity index (χ0) is 18.7. The number of hydrazine groups is 1. The second-order valence-electron chi connectivity index (χ2n) is 6.07. The first kappa shape index (κ1) is 18.5. The molecule has 0 spiro atoms. The van der Waals surface area contributed by atoms with E-state index in [0.29, 0.717) is 31.2 Å². The number of methoxy groups -OCH3 is 1. The smallest absolute Gasteiger partial charge is 0.165 e. The van der Waals surface area contributed by atoms with E-state index < -0.39 is 5.82 Å². The van der Waals surface area contributed by atoms with Crippen molar-refractivity contribution in [2.75, 3.05) is 26.0 Å². The maximum absolute atomic E-state index is 14.8. The van der Waals surface area contributed by atoms with Gasteiger partial charge in [0.25, 0.3) is 0 Å². The van der Waals surface area contributed by atoms with E-state index in [4.69, 9.17) is 16.3 Å². The molecule has 0 bridgehead atoms. The largest absolute Gasteiger partial charge is 0.497 e. The number of hydrogen-bond donors (Lipinski definition) is 2. The van der Waals surface area contributed by atoms with Gasteiger partial charge in [0.05, 0.1) is 17.8 Å². The highest BCUT2D eigenvalue weighted by Gasteiger charge is 2.26. The molecule has 0 saturated carbocycles. The maximum Gasteiger partial charge on any atom is 0.165 e. The minimum Gasteiger partial charge on any atom is -0.497 e. The van der Waals surface area contributed by atoms with Crippen molar-refractivity contribution in [1.29, 1.82) is 0 Å². The number of fused-ring (bicyclic) bond motifs is 1. The van der Waals surface area contributed by atoms with Crippen LogP contribution in [0.4, 0.5) is 10.1 Å². The Balaban J connectivity index is 1.96. The minimum absolute atomic E-state index is 0.104. The van der Waals surface area contributed by atoms with Crippen molar-refractivity contribution in [3.8, 4) is 5.75 Å². The molecular formula is C19H22ClFN4O. The quantitative estimate of drug-likeness (QED) is 0.833. The summed E-state index contributed by atoms with van der Waals surface area (Å²) < 4.78 is 20.0. The molecule has 1 aliphatic heterocycles. The molecule has 0 amide bonds. The molecule has 5 nitrogen and oxygen atoms in total. The number of nitrogens with zero attached hydrogens (tertiary/aromatic N) is 2. The molecule has 0 unspecified atom stereocenters. The van der Waals surface area contributed by atoms with Gasteiger partial charge in [0, 0.05) is 32.2 Å². The van der Waals surface area contributed by atoms with Crippen LogP contribution in [0.5, 0.6) is 5.75 Å². The van der Waals surface area contributed by atoms with Crippen molar-refractivity contribution in [2.24, 2.45) is 4.99 Å². The van der Waals surface area contributed by atoms with Gasteiger partial charge in [-0.05, 0) is 36.2 Å². The van der Waals surface area contributed by atoms with Gasteiger partial charge < -0.3 is 15.5 Å². The first-order valence-corrected chi connectivity index (χ1v) is 8.81. The van der Waals surface area contributed by atoms with Gasteiger partial charge in [-0.25, -0.2) is 9.40 Å². The lowest BCUT2D eigenvalue weighted by Gasteiger charge is -2.30. The van der Waals surface area contributed by atoms with E-state index in [1.807, 2.05) is 43.2 Å². The van der Waals surface area contributed by atoms with E-state index in [1.165, 1.54) is 0 Å². The molecule has 3 rings (SSSR count). The maximum atomic E-state index is 14.8. The number of aliphatic imine (C=N–C) groups is 1. The van der Waals surface area contributed by atoms with Gasteiger partial charge in [-0.15, -0.1) is 0 Å². The molecule has 26 heavy (non-hydrogen) atoms. The normalized spacial score (nSPS) is 15.5. The Labute approximate surface area is 157 Å². The molecule has 2 aromatic carbocycles. The number of ether oxygens (including phenoxy) is 1. The second-order valence-corrected chi connectivity index (χ2v) is 6.48. The standard InChI is InChI=1S/C19H22ClFN4O/c1-4-22-19-16-13(11-25(2)24-19)9-15(20)17(21)18(16)23-10-12-5-7-14(26-3)8-6-12/h5-9,23H,4,10-11H2,1-3H3,(H,22,24). The van der Waals surface area contributed by atoms with Crippen LogP contribution >= 0.6 is 11.6 Å². The van der Waals surface area contributed by atoms with Crippen LogP contribution in [0.15, 0.2) is 35.3 Å². The summed E-state index contributed by atoms with van der Waals surface area (Å²) >= 11 is 6.13. The number of hydrogen-bond acceptors (Lipinski definition) is 4. The Morgan fingerprint density at radius 2 is 2.08 bits per heavy atom. The van der Waals surface area contributed by atoms with Crippen LogP contribution in [0.3, 0.4) is 0 Å². The topological polar surface area (TPSA) is 48.9 Å². The van der Waals surface area contributed by atoms with Gasteiger partial charge in [0.2, 0.25) is 0 Å². The third-order valence-corrected chi connectivity index (χ3v) is 4.46. The number of rotatable bonds is 5. The molecule has 0 aliphatic carbocycles. The van der Waals surface area contributed by atoms with Crippen molar-refractivity contribution in [1.82, 2.24) is 10.4 Å². The molecule has 0 fully saturated rings. The van der Waals surface area contributed by atoms with Crippen molar-refractivity contribution >= 4 is 23.1 Å². The molecular weight excluding hydrogens is 355 g/mol. The molecule has 7 heteroatoms. The van der Waals surface area contributed by atoms with E-state index in [2.05, 4.69) is 15.7 Å². The van der Waals surface area contributed by atoms with Gasteiger partial charge >= 0.3 is 0 Å². The molecule has 0 atom stereocenters. The summed E-state index contributed by atoms with van der Waals surface area (Å²) in [7, 11) is 3.54. The molecule has 138 valence electrons. The van der Waals surface area contributed by atoms with Gasteiger partial charge in [-0.3, -0.25) is 4.99 Å². The predicted octanol–water partition coefficient (Wildman–Crippen LogP) is 3.82. The van der Waals surface area contributed by atoms with Crippen LogP contribution in [0.25, 0.3) is 0 Å². The van der Waals surface area contributed by atoms with Crippen molar-refractivity contribution in [3.05, 3.63) is 57.9 Å². The molecule has 0 radical (unpaired) electrons. The van der Waals surface area contributed by atoms with Crippen molar-refractivity contribution in [2.45, 2.75) is 20.0 Å². The predicted molar refractivity (Wildman–Crippen MR) is 103 cm³/mol. The number of nitrogens with one attached hydrogen (secondary N) is 2. The number of amidine groups is 1. The van der Waals surface area contributed by atoms with E-state index in [0.717, 1.165) is 22.4 Å². The zero-order valence-electron chi connectivity index (χ0n) is 15.1. The highest BCUT2D eigenvalue weighted by Crippen LogP contribution is 2.33. The van der Waals surface area contributed by atoms with Gasteiger partial charge in [-0.1, -0.05) is 23.7 Å². The van der Waals surface area contributed by atoms with Gasteiger partial charge in [-0.2, -0.15) is 0 Å². The van der Waals surface area contributed by atoms with Crippen LogP contribution in [0.2, 0.25) is 5.02 Å². The van der Waals surface area contributed by atoms with E-state index in [9.17, 15) is 4.39 Å². The number of anilines is 1. The lowest BCUT2D eigenvalue weighted by atomic mass is 10.0. The molecule has 0 saturated heterocycles. The Bertz CT molecular complexity index is 823. The van der Waals surface area contributed by atoms with Crippen molar-refractivity contribution in [3.63, 3.8) is 0 Å². The van der Waals surface area contributed by atoms with E-state index in [1.54, 1.807) is 13.2 Å². The molecule has 2 N–H and O–H groups in total.